The van der Waals surface area contributed by atoms with E-state index in [2.05, 4.69) is 65.8 Å². The van der Waals surface area contributed by atoms with E-state index in [0.717, 1.165) is 11.6 Å². The fraction of sp³-hybridized carbons (Fsp3) is 0.654. The van der Waals surface area contributed by atoms with Crippen LogP contribution in [0.25, 0.3) is 0 Å². The van der Waals surface area contributed by atoms with Gasteiger partial charge < -0.3 is 0 Å². The molecule has 0 spiro atoms. The molecule has 0 unspecified atom stereocenters. The van der Waals surface area contributed by atoms with Gasteiger partial charge in [0, 0.05) is 11.3 Å². The Labute approximate surface area is 388 Å². The van der Waals surface area contributed by atoms with E-state index in [1.807, 2.05) is 41.5 Å². The van der Waals surface area contributed by atoms with Gasteiger partial charge in [0.05, 0.1) is 11.0 Å². The minimum atomic E-state index is -4.26. The number of hydrogen-bond donors (Lipinski definition) is 0. The standard InChI is InChI=1S/C14H22.C11H13F3S.C11H13F3.C9H17F3.C7H13F3/c1-13(2,3)11-9-7-8-10-12(11)14(4,5)6;1-10(2,3)8-6-4-5-7-9(8)15-11(12,13)14;1-10(2,3)8-6-4-5-7-9(8)11(12,13)14;1-7(2,3)6-8(4,5)9(10,11)12;1-6(2,3)4-5-7(8,9)10/h7-10H,1-6H3;4-7H,1-3H3;4-7H,1-3H3;6H2,1-5H3;4-5H2,1-3H3. The molecule has 0 amide bonds. The summed E-state index contributed by atoms with van der Waals surface area (Å²) >= 11 is -0.0458. The van der Waals surface area contributed by atoms with Crippen molar-refractivity contribution in [3.8, 4) is 0 Å². The second kappa shape index (κ2) is 23.5. The smallest absolute Gasteiger partial charge is 0.171 e. The van der Waals surface area contributed by atoms with Gasteiger partial charge in [0.2, 0.25) is 0 Å². The lowest BCUT2D eigenvalue weighted by Crippen LogP contribution is -2.35. The van der Waals surface area contributed by atoms with E-state index in [0.29, 0.717) is 5.56 Å². The Morgan fingerprint density at radius 1 is 0.354 bits per heavy atom. The van der Waals surface area contributed by atoms with Gasteiger partial charge in [-0.15, -0.1) is 0 Å². The maximum Gasteiger partial charge on any atom is 0.446 e. The molecular formula is C52H78F12S. The Balaban J connectivity index is 0. The molecule has 0 aliphatic carbocycles. The molecule has 13 heteroatoms. The summed E-state index contributed by atoms with van der Waals surface area (Å²) in [6.45, 7) is 38.1. The van der Waals surface area contributed by atoms with Crippen LogP contribution in [0.3, 0.4) is 0 Å². The highest BCUT2D eigenvalue weighted by atomic mass is 32.2. The Kier molecular flexibility index (Phi) is 23.2. The van der Waals surface area contributed by atoms with E-state index in [4.69, 9.17) is 0 Å². The first-order chi connectivity index (χ1) is 28.3. The number of halogens is 12. The van der Waals surface area contributed by atoms with Crippen LogP contribution in [0.15, 0.2) is 77.7 Å². The molecule has 3 aromatic carbocycles. The lowest BCUT2D eigenvalue weighted by molar-refractivity contribution is -0.220. The zero-order valence-electron chi connectivity index (χ0n) is 42.5. The average Bonchev–Trinajstić information content (AvgIpc) is 3.04. The fourth-order valence-electron chi connectivity index (χ4n) is 6.42. The fourth-order valence-corrected chi connectivity index (χ4v) is 7.30. The van der Waals surface area contributed by atoms with Crippen molar-refractivity contribution in [2.24, 2.45) is 16.2 Å². The van der Waals surface area contributed by atoms with E-state index < -0.39 is 46.9 Å². The Morgan fingerprint density at radius 2 is 0.646 bits per heavy atom. The average molecular weight is 963 g/mol. The van der Waals surface area contributed by atoms with Gasteiger partial charge in [0.1, 0.15) is 0 Å². The summed E-state index contributed by atoms with van der Waals surface area (Å²) in [5, 5.41) is 0. The molecule has 3 aromatic rings. The Morgan fingerprint density at radius 3 is 0.846 bits per heavy atom. The summed E-state index contributed by atoms with van der Waals surface area (Å²) in [5.41, 5.74) is -3.09. The molecule has 0 heterocycles. The summed E-state index contributed by atoms with van der Waals surface area (Å²) < 4.78 is 146. The van der Waals surface area contributed by atoms with Gasteiger partial charge in [-0.05, 0) is 91.5 Å². The normalized spacial score (nSPS) is 13.5. The molecule has 0 N–H and O–H groups in total. The predicted molar refractivity (Wildman–Crippen MR) is 250 cm³/mol. The molecule has 0 aliphatic heterocycles. The second-order valence-corrected chi connectivity index (χ2v) is 24.5. The van der Waals surface area contributed by atoms with Gasteiger partial charge >= 0.3 is 24.0 Å². The molecule has 0 atom stereocenters. The highest BCUT2D eigenvalue weighted by molar-refractivity contribution is 8.00. The molecule has 0 aromatic heterocycles. The van der Waals surface area contributed by atoms with Gasteiger partial charge in [0.25, 0.3) is 0 Å². The molecule has 376 valence electrons. The van der Waals surface area contributed by atoms with Gasteiger partial charge in [-0.2, -0.15) is 52.7 Å². The number of hydrogen-bond acceptors (Lipinski definition) is 1. The van der Waals surface area contributed by atoms with E-state index in [1.54, 1.807) is 65.8 Å². The van der Waals surface area contributed by atoms with Crippen molar-refractivity contribution in [1.82, 2.24) is 0 Å². The first-order valence-corrected chi connectivity index (χ1v) is 22.4. The van der Waals surface area contributed by atoms with Gasteiger partial charge in [-0.1, -0.05) is 199 Å². The van der Waals surface area contributed by atoms with Crippen LogP contribution in [0.1, 0.15) is 186 Å². The van der Waals surface area contributed by atoms with Crippen LogP contribution < -0.4 is 0 Å². The van der Waals surface area contributed by atoms with Crippen LogP contribution in [0.4, 0.5) is 52.7 Å². The molecular weight excluding hydrogens is 885 g/mol. The van der Waals surface area contributed by atoms with Crippen molar-refractivity contribution in [2.75, 3.05) is 0 Å². The van der Waals surface area contributed by atoms with E-state index in [-0.39, 0.29) is 56.6 Å². The van der Waals surface area contributed by atoms with Gasteiger partial charge in [0.15, 0.2) is 0 Å². The number of alkyl halides is 12. The van der Waals surface area contributed by atoms with Crippen molar-refractivity contribution in [3.63, 3.8) is 0 Å². The van der Waals surface area contributed by atoms with E-state index in [1.165, 1.54) is 43.2 Å². The second-order valence-electron chi connectivity index (χ2n) is 23.4. The quantitative estimate of drug-likeness (QED) is 0.186. The predicted octanol–water partition coefficient (Wildman–Crippen LogP) is 20.3. The third-order valence-electron chi connectivity index (χ3n) is 9.40. The third-order valence-corrected chi connectivity index (χ3v) is 10.2. The zero-order chi connectivity index (χ0) is 52.3. The molecule has 0 saturated heterocycles. The van der Waals surface area contributed by atoms with Crippen LogP contribution in [0, 0.1) is 16.2 Å². The molecule has 3 rings (SSSR count). The number of rotatable bonds is 3. The summed E-state index contributed by atoms with van der Waals surface area (Å²) in [7, 11) is 0. The maximum absolute atomic E-state index is 12.6. The Bertz CT molecular complexity index is 1670. The van der Waals surface area contributed by atoms with Crippen molar-refractivity contribution in [2.45, 2.75) is 208 Å². The molecule has 0 saturated carbocycles. The first-order valence-electron chi connectivity index (χ1n) is 21.6. The summed E-state index contributed by atoms with van der Waals surface area (Å²) in [6, 6.07) is 21.1. The summed E-state index contributed by atoms with van der Waals surface area (Å²) in [6.07, 6.45) is -12.7. The third kappa shape index (κ3) is 28.2. The highest BCUT2D eigenvalue weighted by Crippen LogP contribution is 2.46. The van der Waals surface area contributed by atoms with Crippen molar-refractivity contribution < 1.29 is 52.7 Å². The molecule has 0 fully saturated rings. The maximum atomic E-state index is 12.6. The van der Waals surface area contributed by atoms with Crippen LogP contribution in [0.2, 0.25) is 0 Å². The molecule has 0 radical (unpaired) electrons. The molecule has 0 aliphatic rings. The number of thioether (sulfide) groups is 1. The van der Waals surface area contributed by atoms with Gasteiger partial charge in [-0.25, -0.2) is 0 Å². The molecule has 0 bridgehead atoms. The highest BCUT2D eigenvalue weighted by Gasteiger charge is 2.48. The summed E-state index contributed by atoms with van der Waals surface area (Å²) in [5.74, 6) is 0. The topological polar surface area (TPSA) is 0 Å². The largest absolute Gasteiger partial charge is 0.446 e. The van der Waals surface area contributed by atoms with Gasteiger partial charge in [-0.3, -0.25) is 0 Å². The summed E-state index contributed by atoms with van der Waals surface area (Å²) in [4.78, 5) is 0.289. The lowest BCUT2D eigenvalue weighted by atomic mass is 9.75. The van der Waals surface area contributed by atoms with E-state index in [9.17, 15) is 52.7 Å². The van der Waals surface area contributed by atoms with Crippen molar-refractivity contribution in [1.29, 1.82) is 0 Å². The minimum absolute atomic E-state index is 0.0458. The zero-order valence-corrected chi connectivity index (χ0v) is 43.3. The van der Waals surface area contributed by atoms with Crippen LogP contribution in [-0.2, 0) is 27.8 Å². The molecule has 65 heavy (non-hydrogen) atoms. The number of benzene rings is 3. The minimum Gasteiger partial charge on any atom is -0.171 e. The van der Waals surface area contributed by atoms with Crippen molar-refractivity contribution in [3.05, 3.63) is 101 Å². The van der Waals surface area contributed by atoms with Crippen LogP contribution in [-0.4, -0.2) is 17.9 Å². The van der Waals surface area contributed by atoms with E-state index >= 15 is 0 Å². The van der Waals surface area contributed by atoms with Crippen LogP contribution in [0.5, 0.6) is 0 Å². The monoisotopic (exact) mass is 963 g/mol. The van der Waals surface area contributed by atoms with Crippen molar-refractivity contribution >= 4 is 11.8 Å². The first kappa shape index (κ1) is 64.3. The SMILES string of the molecule is CC(C)(C)CC(C)(C)C(F)(F)F.CC(C)(C)CCC(F)(F)F.CC(C)(C)c1ccccc1C(C)(C)C.CC(C)(C)c1ccccc1C(F)(F)F.CC(C)(C)c1ccccc1SC(F)(F)F. The molecule has 0 nitrogen and oxygen atoms in total. The Hall–Kier alpha value is -2.83. The van der Waals surface area contributed by atoms with Crippen LogP contribution >= 0.6 is 11.8 Å². The lowest BCUT2D eigenvalue weighted by Gasteiger charge is -2.34.